The first-order chi connectivity index (χ1) is 12.9. The van der Waals surface area contributed by atoms with E-state index < -0.39 is 23.9 Å². The number of aryl methyl sites for hydroxylation is 2. The minimum absolute atomic E-state index is 0.191. The van der Waals surface area contributed by atoms with Gasteiger partial charge in [0.2, 0.25) is 5.91 Å². The van der Waals surface area contributed by atoms with Crippen LogP contribution in [-0.4, -0.2) is 46.3 Å². The van der Waals surface area contributed by atoms with Crippen molar-refractivity contribution >= 4 is 39.9 Å². The molecule has 1 fully saturated rings. The summed E-state index contributed by atoms with van der Waals surface area (Å²) in [7, 11) is 0. The second-order valence-corrected chi connectivity index (χ2v) is 7.33. The molecule has 4 rings (SSSR count). The predicted octanol–water partition coefficient (Wildman–Crippen LogP) is 1.69. The zero-order valence-corrected chi connectivity index (χ0v) is 15.4. The van der Waals surface area contributed by atoms with E-state index >= 15 is 0 Å². The number of aromatic nitrogens is 1. The molecule has 0 unspecified atom stereocenters. The maximum absolute atomic E-state index is 12.9. The first-order valence-corrected chi connectivity index (χ1v) is 9.15. The third-order valence-electron chi connectivity index (χ3n) is 4.31. The largest absolute Gasteiger partial charge is 0.300 e. The van der Waals surface area contributed by atoms with Crippen LogP contribution in [0.4, 0.5) is 10.8 Å². The van der Waals surface area contributed by atoms with E-state index in [1.54, 1.807) is 23.7 Å². The molecule has 10 heteroatoms. The molecule has 1 N–H and O–H groups in total. The lowest BCUT2D eigenvalue weighted by molar-refractivity contribution is -0.123. The van der Waals surface area contributed by atoms with Crippen molar-refractivity contribution in [1.29, 1.82) is 0 Å². The van der Waals surface area contributed by atoms with E-state index in [4.69, 9.17) is 0 Å². The molecule has 2 atom stereocenters. The first-order valence-electron chi connectivity index (χ1n) is 8.27. The maximum Gasteiger partial charge on any atom is 0.263 e. The van der Waals surface area contributed by atoms with Gasteiger partial charge in [0.1, 0.15) is 6.54 Å². The number of nitrogens with one attached hydrogen (secondary N) is 1. The summed E-state index contributed by atoms with van der Waals surface area (Å²) < 4.78 is 0. The second kappa shape index (κ2) is 6.54. The number of fused-ring (bicyclic) bond motifs is 1. The zero-order valence-electron chi connectivity index (χ0n) is 14.6. The van der Waals surface area contributed by atoms with E-state index in [1.165, 1.54) is 16.3 Å². The van der Waals surface area contributed by atoms with Gasteiger partial charge in [-0.05, 0) is 37.1 Å². The van der Waals surface area contributed by atoms with E-state index in [9.17, 15) is 14.4 Å². The molecule has 9 nitrogen and oxygen atoms in total. The van der Waals surface area contributed by atoms with Crippen molar-refractivity contribution in [2.75, 3.05) is 16.8 Å². The Hall–Kier alpha value is -3.14. The van der Waals surface area contributed by atoms with E-state index in [0.717, 1.165) is 16.0 Å². The normalized spacial score (nSPS) is 21.1. The summed E-state index contributed by atoms with van der Waals surface area (Å²) in [6.45, 7) is 3.61. The van der Waals surface area contributed by atoms with Crippen LogP contribution in [-0.2, 0) is 14.4 Å². The van der Waals surface area contributed by atoms with Gasteiger partial charge in [-0.25, -0.2) is 9.88 Å². The fourth-order valence-electron chi connectivity index (χ4n) is 3.28. The number of rotatable bonds is 4. The van der Waals surface area contributed by atoms with Crippen LogP contribution in [0.1, 0.15) is 11.1 Å². The van der Waals surface area contributed by atoms with Crippen molar-refractivity contribution in [3.8, 4) is 0 Å². The van der Waals surface area contributed by atoms with Crippen LogP contribution < -0.4 is 10.2 Å². The minimum atomic E-state index is -0.925. The van der Waals surface area contributed by atoms with Gasteiger partial charge in [-0.15, -0.1) is 11.3 Å². The molecule has 138 valence electrons. The fraction of sp³-hybridized carbons (Fsp3) is 0.294. The Labute approximate surface area is 158 Å². The number of anilines is 2. The Morgan fingerprint density at radius 2 is 1.93 bits per heavy atom. The fourth-order valence-corrected chi connectivity index (χ4v) is 3.82. The third kappa shape index (κ3) is 3.08. The molecule has 0 bridgehead atoms. The lowest BCUT2D eigenvalue weighted by Gasteiger charge is -2.20. The monoisotopic (exact) mass is 384 g/mol. The molecule has 3 amide bonds. The molecule has 1 aromatic heterocycles. The Bertz CT molecular complexity index is 937. The molecule has 2 aliphatic heterocycles. The summed E-state index contributed by atoms with van der Waals surface area (Å²) in [5, 5.41) is 13.9. The highest BCUT2D eigenvalue weighted by atomic mass is 32.1. The van der Waals surface area contributed by atoms with Crippen molar-refractivity contribution < 1.29 is 14.4 Å². The quantitative estimate of drug-likeness (QED) is 0.807. The van der Waals surface area contributed by atoms with E-state index in [-0.39, 0.29) is 12.5 Å². The van der Waals surface area contributed by atoms with E-state index in [1.807, 2.05) is 19.9 Å². The van der Waals surface area contributed by atoms with Crippen LogP contribution in [0.5, 0.6) is 0 Å². The highest BCUT2D eigenvalue weighted by Gasteiger charge is 2.55. The highest BCUT2D eigenvalue weighted by Crippen LogP contribution is 2.32. The van der Waals surface area contributed by atoms with Crippen molar-refractivity contribution in [3.63, 3.8) is 0 Å². The van der Waals surface area contributed by atoms with Crippen LogP contribution in [0.15, 0.2) is 40.1 Å². The van der Waals surface area contributed by atoms with Gasteiger partial charge in [0.25, 0.3) is 11.8 Å². The molecule has 27 heavy (non-hydrogen) atoms. The number of imide groups is 1. The number of nitrogens with zero attached hydrogens (tertiary/aromatic N) is 5. The summed E-state index contributed by atoms with van der Waals surface area (Å²) in [6.07, 6.45) is 1.58. The van der Waals surface area contributed by atoms with Crippen molar-refractivity contribution in [3.05, 3.63) is 40.9 Å². The molecular weight excluding hydrogens is 368 g/mol. The second-order valence-electron chi connectivity index (χ2n) is 6.44. The number of hydrogen-bond donors (Lipinski definition) is 1. The summed E-state index contributed by atoms with van der Waals surface area (Å²) in [5.74, 6) is -1.24. The lowest BCUT2D eigenvalue weighted by Crippen LogP contribution is -2.43. The average molecular weight is 384 g/mol. The average Bonchev–Trinajstić information content (AvgIpc) is 3.28. The summed E-state index contributed by atoms with van der Waals surface area (Å²) >= 11 is 1.28. The van der Waals surface area contributed by atoms with Gasteiger partial charge in [-0.1, -0.05) is 11.3 Å². The highest BCUT2D eigenvalue weighted by molar-refractivity contribution is 7.13. The third-order valence-corrected chi connectivity index (χ3v) is 5.00. The Balaban J connectivity index is 1.53. The minimum Gasteiger partial charge on any atom is -0.300 e. The van der Waals surface area contributed by atoms with Crippen LogP contribution in [0.3, 0.4) is 0 Å². The molecule has 0 radical (unpaired) electrons. The Morgan fingerprint density at radius 3 is 2.59 bits per heavy atom. The van der Waals surface area contributed by atoms with Gasteiger partial charge in [0.15, 0.2) is 17.2 Å². The van der Waals surface area contributed by atoms with Crippen molar-refractivity contribution in [2.24, 2.45) is 10.3 Å². The van der Waals surface area contributed by atoms with Crippen LogP contribution in [0.2, 0.25) is 0 Å². The molecule has 0 spiro atoms. The molecular formula is C17H16N6O3S. The van der Waals surface area contributed by atoms with Crippen LogP contribution in [0.25, 0.3) is 0 Å². The van der Waals surface area contributed by atoms with Crippen LogP contribution >= 0.6 is 11.3 Å². The van der Waals surface area contributed by atoms with Gasteiger partial charge in [-0.3, -0.25) is 19.4 Å². The standard InChI is InChI=1S/C17H16N6O3S/c1-9-5-10(2)7-11(6-9)23-15(25)13-14(16(23)26)22(21-20-13)8-12(24)19-17-18-3-4-27-17/h3-7,13-14H,8H2,1-2H3,(H,18,19,24)/t13-,14-/m1/s1. The zero-order chi connectivity index (χ0) is 19.1. The van der Waals surface area contributed by atoms with Crippen molar-refractivity contribution in [2.45, 2.75) is 25.9 Å². The SMILES string of the molecule is Cc1cc(C)cc(N2C(=O)[C@@H]3N=NN(CC(=O)Nc4nccs4)[C@H]3C2=O)c1. The summed E-state index contributed by atoms with van der Waals surface area (Å²) in [4.78, 5) is 43.0. The first kappa shape index (κ1) is 17.3. The number of carbonyl (C=O) groups is 3. The van der Waals surface area contributed by atoms with Gasteiger partial charge in [0.05, 0.1) is 5.69 Å². The smallest absolute Gasteiger partial charge is 0.263 e. The summed E-state index contributed by atoms with van der Waals surface area (Å²) in [5.41, 5.74) is 2.41. The van der Waals surface area contributed by atoms with E-state index in [0.29, 0.717) is 10.8 Å². The molecule has 3 heterocycles. The lowest BCUT2D eigenvalue weighted by atomic mass is 10.1. The molecule has 1 saturated heterocycles. The topological polar surface area (TPSA) is 107 Å². The maximum atomic E-state index is 12.9. The van der Waals surface area contributed by atoms with Gasteiger partial charge < -0.3 is 5.32 Å². The number of hydrogen-bond acceptors (Lipinski definition) is 8. The van der Waals surface area contributed by atoms with Gasteiger partial charge >= 0.3 is 0 Å². The molecule has 0 aliphatic carbocycles. The van der Waals surface area contributed by atoms with Gasteiger partial charge in [-0.2, -0.15) is 5.11 Å². The molecule has 0 saturated carbocycles. The Kier molecular flexibility index (Phi) is 4.19. The number of carbonyl (C=O) groups excluding carboxylic acids is 3. The predicted molar refractivity (Wildman–Crippen MR) is 98.3 cm³/mol. The molecule has 1 aromatic carbocycles. The number of thiazole rings is 1. The Morgan fingerprint density at radius 1 is 1.19 bits per heavy atom. The van der Waals surface area contributed by atoms with Crippen molar-refractivity contribution in [1.82, 2.24) is 9.99 Å². The molecule has 2 aliphatic rings. The van der Waals surface area contributed by atoms with E-state index in [2.05, 4.69) is 20.6 Å². The number of amides is 3. The number of benzene rings is 1. The van der Waals surface area contributed by atoms with Crippen LogP contribution in [0, 0.1) is 13.8 Å². The molecule has 2 aromatic rings. The van der Waals surface area contributed by atoms with Gasteiger partial charge in [0, 0.05) is 11.6 Å². The summed E-state index contributed by atoms with van der Waals surface area (Å²) in [6, 6.07) is 3.69.